The Morgan fingerprint density at radius 2 is 2.26 bits per heavy atom. The first-order valence-corrected chi connectivity index (χ1v) is 7.78. The van der Waals surface area contributed by atoms with Gasteiger partial charge in [0.25, 0.3) is 0 Å². The smallest absolute Gasteiger partial charge is 0.229 e. The average molecular weight is 333 g/mol. The van der Waals surface area contributed by atoms with Gasteiger partial charge >= 0.3 is 0 Å². The van der Waals surface area contributed by atoms with Gasteiger partial charge in [0.15, 0.2) is 0 Å². The number of nitrogens with zero attached hydrogens (tertiary/aromatic N) is 1. The number of rotatable bonds is 4. The first-order valence-electron chi connectivity index (χ1n) is 7.40. The second-order valence-electron chi connectivity index (χ2n) is 5.73. The van der Waals surface area contributed by atoms with E-state index < -0.39 is 0 Å². The zero-order valence-electron chi connectivity index (χ0n) is 12.7. The maximum Gasteiger partial charge on any atom is 0.229 e. The van der Waals surface area contributed by atoms with Crippen molar-refractivity contribution in [3.63, 3.8) is 0 Å². The van der Waals surface area contributed by atoms with E-state index in [0.717, 1.165) is 5.56 Å². The highest BCUT2D eigenvalue weighted by Crippen LogP contribution is 2.26. The molecule has 2 aromatic rings. The number of hydrogen-bond acceptors (Lipinski definition) is 3. The molecule has 0 spiro atoms. The Kier molecular flexibility index (Phi) is 4.39. The van der Waals surface area contributed by atoms with Crippen LogP contribution in [0.25, 0.3) is 0 Å². The first-order chi connectivity index (χ1) is 11.0. The lowest BCUT2D eigenvalue weighted by molar-refractivity contribution is -0.128. The first kappa shape index (κ1) is 15.6. The Morgan fingerprint density at radius 1 is 1.43 bits per heavy atom. The summed E-state index contributed by atoms with van der Waals surface area (Å²) in [5.41, 5.74) is 1.59. The van der Waals surface area contributed by atoms with E-state index in [1.165, 1.54) is 0 Å². The van der Waals surface area contributed by atoms with Crippen LogP contribution >= 0.6 is 11.6 Å². The predicted molar refractivity (Wildman–Crippen MR) is 87.1 cm³/mol. The molecule has 0 bridgehead atoms. The van der Waals surface area contributed by atoms with Gasteiger partial charge in [-0.25, -0.2) is 0 Å². The van der Waals surface area contributed by atoms with E-state index in [1.807, 2.05) is 19.1 Å². The van der Waals surface area contributed by atoms with Gasteiger partial charge in [0.05, 0.1) is 29.4 Å². The summed E-state index contributed by atoms with van der Waals surface area (Å²) in [6.45, 7) is 2.70. The standard InChI is InChI=1S/C17H17ClN2O3/c1-11-4-5-15(14(18)7-11)19-17(22)12-8-16(21)20(9-12)10-13-3-2-6-23-13/h2-7,12H,8-10H2,1H3,(H,19,22). The monoisotopic (exact) mass is 332 g/mol. The summed E-state index contributed by atoms with van der Waals surface area (Å²) < 4.78 is 5.25. The number of nitrogens with one attached hydrogen (secondary N) is 1. The highest BCUT2D eigenvalue weighted by atomic mass is 35.5. The number of hydrogen-bond donors (Lipinski definition) is 1. The van der Waals surface area contributed by atoms with Gasteiger partial charge in [0, 0.05) is 13.0 Å². The number of aryl methyl sites for hydroxylation is 1. The third kappa shape index (κ3) is 3.56. The van der Waals surface area contributed by atoms with Crippen molar-refractivity contribution in [2.24, 2.45) is 5.92 Å². The number of likely N-dealkylation sites (tertiary alicyclic amines) is 1. The van der Waals surface area contributed by atoms with Gasteiger partial charge in [-0.15, -0.1) is 0 Å². The fraction of sp³-hybridized carbons (Fsp3) is 0.294. The fourth-order valence-electron chi connectivity index (χ4n) is 2.65. The minimum atomic E-state index is -0.380. The number of amides is 2. The largest absolute Gasteiger partial charge is 0.467 e. The van der Waals surface area contributed by atoms with Crippen LogP contribution in [-0.2, 0) is 16.1 Å². The van der Waals surface area contributed by atoms with Crippen LogP contribution in [0, 0.1) is 12.8 Å². The lowest BCUT2D eigenvalue weighted by Crippen LogP contribution is -2.28. The zero-order valence-corrected chi connectivity index (χ0v) is 13.5. The van der Waals surface area contributed by atoms with Crippen molar-refractivity contribution in [2.45, 2.75) is 19.9 Å². The van der Waals surface area contributed by atoms with Gasteiger partial charge in [-0.05, 0) is 36.8 Å². The Morgan fingerprint density at radius 3 is 2.96 bits per heavy atom. The van der Waals surface area contributed by atoms with Crippen molar-refractivity contribution >= 4 is 29.1 Å². The van der Waals surface area contributed by atoms with Crippen molar-refractivity contribution < 1.29 is 14.0 Å². The molecule has 3 rings (SSSR count). The molecule has 23 heavy (non-hydrogen) atoms. The summed E-state index contributed by atoms with van der Waals surface area (Å²) in [6, 6.07) is 9.03. The Hall–Kier alpha value is -2.27. The molecule has 5 nitrogen and oxygen atoms in total. The zero-order chi connectivity index (χ0) is 16.4. The molecular weight excluding hydrogens is 316 g/mol. The molecule has 2 amide bonds. The van der Waals surface area contributed by atoms with Crippen LogP contribution in [0.5, 0.6) is 0 Å². The van der Waals surface area contributed by atoms with E-state index in [-0.39, 0.29) is 24.2 Å². The summed E-state index contributed by atoms with van der Waals surface area (Å²) in [5.74, 6) is 0.0958. The molecule has 0 radical (unpaired) electrons. The maximum atomic E-state index is 12.4. The van der Waals surface area contributed by atoms with Gasteiger partial charge in [0.2, 0.25) is 11.8 Å². The van der Waals surface area contributed by atoms with E-state index in [0.29, 0.717) is 29.6 Å². The Bertz CT molecular complexity index is 727. The summed E-state index contributed by atoms with van der Waals surface area (Å²) >= 11 is 6.13. The number of benzene rings is 1. The van der Waals surface area contributed by atoms with E-state index in [9.17, 15) is 9.59 Å². The van der Waals surface area contributed by atoms with Crippen LogP contribution in [0.2, 0.25) is 5.02 Å². The van der Waals surface area contributed by atoms with Crippen LogP contribution in [0.3, 0.4) is 0 Å². The molecule has 2 heterocycles. The molecule has 1 aromatic carbocycles. The fourth-order valence-corrected chi connectivity index (χ4v) is 2.93. The molecule has 1 aliphatic heterocycles. The van der Waals surface area contributed by atoms with Gasteiger partial charge < -0.3 is 14.6 Å². The highest BCUT2D eigenvalue weighted by Gasteiger charge is 2.34. The summed E-state index contributed by atoms with van der Waals surface area (Å²) in [5, 5.41) is 3.30. The van der Waals surface area contributed by atoms with Gasteiger partial charge in [-0.3, -0.25) is 9.59 Å². The Labute approximate surface area is 139 Å². The number of carbonyl (C=O) groups is 2. The van der Waals surface area contributed by atoms with Crippen molar-refractivity contribution in [1.29, 1.82) is 0 Å². The van der Waals surface area contributed by atoms with Crippen LogP contribution in [0.4, 0.5) is 5.69 Å². The number of furan rings is 1. The second kappa shape index (κ2) is 6.46. The molecular formula is C17H17ClN2O3. The summed E-state index contributed by atoms with van der Waals surface area (Å²) in [7, 11) is 0. The minimum Gasteiger partial charge on any atom is -0.467 e. The molecule has 0 saturated carbocycles. The molecule has 1 aromatic heterocycles. The number of halogens is 1. The quantitative estimate of drug-likeness (QED) is 0.935. The molecule has 1 aliphatic rings. The average Bonchev–Trinajstić information content (AvgIpc) is 3.13. The van der Waals surface area contributed by atoms with Crippen LogP contribution in [0.1, 0.15) is 17.7 Å². The third-order valence-corrected chi connectivity index (χ3v) is 4.21. The van der Waals surface area contributed by atoms with Gasteiger partial charge in [0.1, 0.15) is 5.76 Å². The van der Waals surface area contributed by atoms with Gasteiger partial charge in [-0.1, -0.05) is 17.7 Å². The number of carbonyl (C=O) groups excluding carboxylic acids is 2. The molecule has 1 fully saturated rings. The van der Waals surface area contributed by atoms with E-state index in [4.69, 9.17) is 16.0 Å². The summed E-state index contributed by atoms with van der Waals surface area (Å²) in [4.78, 5) is 26.1. The van der Waals surface area contributed by atoms with Crippen molar-refractivity contribution in [3.05, 3.63) is 52.9 Å². The topological polar surface area (TPSA) is 62.6 Å². The number of anilines is 1. The maximum absolute atomic E-state index is 12.4. The van der Waals surface area contributed by atoms with Crippen LogP contribution in [-0.4, -0.2) is 23.3 Å². The lowest BCUT2D eigenvalue weighted by Gasteiger charge is -2.15. The van der Waals surface area contributed by atoms with Crippen molar-refractivity contribution in [1.82, 2.24) is 4.90 Å². The predicted octanol–water partition coefficient (Wildman–Crippen LogP) is 3.23. The summed E-state index contributed by atoms with van der Waals surface area (Å²) in [6.07, 6.45) is 1.77. The third-order valence-electron chi connectivity index (χ3n) is 3.89. The van der Waals surface area contributed by atoms with Crippen LogP contribution in [0.15, 0.2) is 41.0 Å². The molecule has 6 heteroatoms. The second-order valence-corrected chi connectivity index (χ2v) is 6.13. The molecule has 1 saturated heterocycles. The molecule has 120 valence electrons. The highest BCUT2D eigenvalue weighted by molar-refractivity contribution is 6.33. The normalized spacial score (nSPS) is 17.6. The van der Waals surface area contributed by atoms with E-state index >= 15 is 0 Å². The SMILES string of the molecule is Cc1ccc(NC(=O)C2CC(=O)N(Cc3ccco3)C2)c(Cl)c1. The van der Waals surface area contributed by atoms with Crippen molar-refractivity contribution in [3.8, 4) is 0 Å². The lowest BCUT2D eigenvalue weighted by atomic mass is 10.1. The Balaban J connectivity index is 1.63. The van der Waals surface area contributed by atoms with Crippen molar-refractivity contribution in [2.75, 3.05) is 11.9 Å². The minimum absolute atomic E-state index is 0.0449. The van der Waals surface area contributed by atoms with E-state index in [2.05, 4.69) is 5.32 Å². The van der Waals surface area contributed by atoms with Gasteiger partial charge in [-0.2, -0.15) is 0 Å². The molecule has 0 aliphatic carbocycles. The molecule has 1 N–H and O–H groups in total. The molecule has 1 atom stereocenters. The molecule has 1 unspecified atom stereocenters. The van der Waals surface area contributed by atoms with Crippen LogP contribution < -0.4 is 5.32 Å². The van der Waals surface area contributed by atoms with E-state index in [1.54, 1.807) is 29.4 Å².